The van der Waals surface area contributed by atoms with Gasteiger partial charge in [0.15, 0.2) is 0 Å². The fraction of sp³-hybridized carbons (Fsp3) is 0.722. The van der Waals surface area contributed by atoms with E-state index in [4.69, 9.17) is 9.15 Å². The molecule has 1 spiro atoms. The molecule has 5 nitrogen and oxygen atoms in total. The van der Waals surface area contributed by atoms with Crippen LogP contribution in [0.1, 0.15) is 64.7 Å². The molecule has 1 aliphatic heterocycles. The van der Waals surface area contributed by atoms with E-state index in [9.17, 15) is 4.79 Å². The van der Waals surface area contributed by atoms with Crippen LogP contribution in [0.15, 0.2) is 16.7 Å². The van der Waals surface area contributed by atoms with Crippen LogP contribution < -0.4 is 10.6 Å². The second-order valence-corrected chi connectivity index (χ2v) is 8.22. The van der Waals surface area contributed by atoms with Crippen molar-refractivity contribution in [1.29, 1.82) is 0 Å². The molecule has 0 saturated heterocycles. The van der Waals surface area contributed by atoms with Crippen molar-refractivity contribution < 1.29 is 13.9 Å². The molecule has 2 aliphatic rings. The van der Waals surface area contributed by atoms with Crippen molar-refractivity contribution in [1.82, 2.24) is 10.6 Å². The first-order valence-electron chi connectivity index (χ1n) is 8.55. The number of fused-ring (bicyclic) bond motifs is 2. The predicted octanol–water partition coefficient (Wildman–Crippen LogP) is 3.48. The number of ether oxygens (including phenoxy) is 1. The van der Waals surface area contributed by atoms with Gasteiger partial charge in [0.25, 0.3) is 0 Å². The van der Waals surface area contributed by atoms with Gasteiger partial charge in [0, 0.05) is 12.1 Å². The second-order valence-electron chi connectivity index (χ2n) is 8.22. The lowest BCUT2D eigenvalue weighted by molar-refractivity contribution is 0.0389. The van der Waals surface area contributed by atoms with E-state index < -0.39 is 5.60 Å². The highest BCUT2D eigenvalue weighted by Gasteiger charge is 2.46. The predicted molar refractivity (Wildman–Crippen MR) is 88.3 cm³/mol. The highest BCUT2D eigenvalue weighted by Crippen LogP contribution is 2.44. The summed E-state index contributed by atoms with van der Waals surface area (Å²) in [6, 6.07) is 2.09. The van der Waals surface area contributed by atoms with Gasteiger partial charge in [-0.3, -0.25) is 0 Å². The zero-order chi connectivity index (χ0) is 16.7. The summed E-state index contributed by atoms with van der Waals surface area (Å²) in [5, 5.41) is 6.74. The van der Waals surface area contributed by atoms with Crippen LogP contribution in [0.4, 0.5) is 4.79 Å². The fourth-order valence-electron chi connectivity index (χ4n) is 3.78. The quantitative estimate of drug-likeness (QED) is 0.831. The summed E-state index contributed by atoms with van der Waals surface area (Å²) in [6.07, 6.45) is 6.22. The number of hydrogen-bond acceptors (Lipinski definition) is 4. The minimum atomic E-state index is -0.468. The molecule has 1 aliphatic carbocycles. The molecule has 0 bridgehead atoms. The van der Waals surface area contributed by atoms with Crippen molar-refractivity contribution in [2.24, 2.45) is 0 Å². The van der Waals surface area contributed by atoms with Gasteiger partial charge in [0.05, 0.1) is 11.8 Å². The highest BCUT2D eigenvalue weighted by atomic mass is 16.6. The average Bonchev–Trinajstić information content (AvgIpc) is 2.90. The van der Waals surface area contributed by atoms with Gasteiger partial charge in [-0.2, -0.15) is 0 Å². The fourth-order valence-corrected chi connectivity index (χ4v) is 3.78. The maximum absolute atomic E-state index is 12.1. The Hall–Kier alpha value is -1.49. The molecule has 3 rings (SSSR count). The molecule has 5 heteroatoms. The van der Waals surface area contributed by atoms with Crippen molar-refractivity contribution in [2.45, 2.75) is 76.5 Å². The van der Waals surface area contributed by atoms with Crippen molar-refractivity contribution >= 4 is 6.09 Å². The summed E-state index contributed by atoms with van der Waals surface area (Å²) in [5.41, 5.74) is 0.572. The summed E-state index contributed by atoms with van der Waals surface area (Å²) in [4.78, 5) is 12.1. The smallest absolute Gasteiger partial charge is 0.408 e. The normalized spacial score (nSPS) is 30.8. The van der Waals surface area contributed by atoms with Crippen LogP contribution in [-0.4, -0.2) is 23.8 Å². The molecule has 0 atom stereocenters. The second kappa shape index (κ2) is 5.55. The largest absolute Gasteiger partial charge is 0.467 e. The summed E-state index contributed by atoms with van der Waals surface area (Å²) >= 11 is 0. The minimum absolute atomic E-state index is 0.0633. The maximum atomic E-state index is 12.1. The van der Waals surface area contributed by atoms with Crippen molar-refractivity contribution in [3.8, 4) is 0 Å². The van der Waals surface area contributed by atoms with E-state index in [1.165, 1.54) is 5.56 Å². The van der Waals surface area contributed by atoms with E-state index in [1.807, 2.05) is 20.8 Å². The summed E-state index contributed by atoms with van der Waals surface area (Å²) < 4.78 is 11.2. The molecule has 0 aromatic carbocycles. The Bertz CT molecular complexity index is 577. The molecule has 1 aromatic rings. The zero-order valence-corrected chi connectivity index (χ0v) is 14.6. The minimum Gasteiger partial charge on any atom is -0.467 e. The SMILES string of the molecule is CC1(NC(=O)OC(C)(C)C)CCC2(CC1)NCCc1ccoc12. The molecule has 1 saturated carbocycles. The van der Waals surface area contributed by atoms with Crippen LogP contribution in [-0.2, 0) is 16.7 Å². The van der Waals surface area contributed by atoms with E-state index in [0.717, 1.165) is 44.4 Å². The Kier molecular flexibility index (Phi) is 3.95. The summed E-state index contributed by atoms with van der Waals surface area (Å²) in [6.45, 7) is 8.75. The number of carbonyl (C=O) groups excluding carboxylic acids is 1. The number of hydrogen-bond donors (Lipinski definition) is 2. The van der Waals surface area contributed by atoms with Crippen LogP contribution >= 0.6 is 0 Å². The average molecular weight is 320 g/mol. The van der Waals surface area contributed by atoms with Crippen molar-refractivity contribution in [2.75, 3.05) is 6.54 Å². The number of rotatable bonds is 1. The van der Waals surface area contributed by atoms with Crippen molar-refractivity contribution in [3.63, 3.8) is 0 Å². The molecule has 2 heterocycles. The van der Waals surface area contributed by atoms with Crippen LogP contribution in [0, 0.1) is 0 Å². The molecule has 1 fully saturated rings. The van der Waals surface area contributed by atoms with E-state index in [-0.39, 0.29) is 17.2 Å². The molecule has 23 heavy (non-hydrogen) atoms. The molecule has 1 aromatic heterocycles. The van der Waals surface area contributed by atoms with Gasteiger partial charge < -0.3 is 19.8 Å². The third-order valence-electron chi connectivity index (χ3n) is 5.05. The van der Waals surface area contributed by atoms with Gasteiger partial charge in [-0.1, -0.05) is 0 Å². The Balaban J connectivity index is 1.66. The van der Waals surface area contributed by atoms with Crippen molar-refractivity contribution in [3.05, 3.63) is 23.7 Å². The maximum Gasteiger partial charge on any atom is 0.408 e. The highest BCUT2D eigenvalue weighted by molar-refractivity contribution is 5.68. The molecule has 2 N–H and O–H groups in total. The molecular formula is C18H28N2O3. The van der Waals surface area contributed by atoms with Gasteiger partial charge in [-0.25, -0.2) is 4.79 Å². The molecule has 1 amide bonds. The number of nitrogens with one attached hydrogen (secondary N) is 2. The van der Waals surface area contributed by atoms with Crippen LogP contribution in [0.25, 0.3) is 0 Å². The van der Waals surface area contributed by atoms with E-state index in [1.54, 1.807) is 6.26 Å². The number of amides is 1. The monoisotopic (exact) mass is 320 g/mol. The Morgan fingerprint density at radius 2 is 2.00 bits per heavy atom. The summed E-state index contributed by atoms with van der Waals surface area (Å²) in [5.74, 6) is 1.10. The van der Waals surface area contributed by atoms with Gasteiger partial charge in [0.2, 0.25) is 0 Å². The van der Waals surface area contributed by atoms with Gasteiger partial charge >= 0.3 is 6.09 Å². The lowest BCUT2D eigenvalue weighted by Crippen LogP contribution is -2.56. The first kappa shape index (κ1) is 16.4. The lowest BCUT2D eigenvalue weighted by Gasteiger charge is -2.46. The van der Waals surface area contributed by atoms with Gasteiger partial charge in [0.1, 0.15) is 11.4 Å². The lowest BCUT2D eigenvalue weighted by atomic mass is 9.70. The van der Waals surface area contributed by atoms with Gasteiger partial charge in [-0.05, 0) is 71.4 Å². The van der Waals surface area contributed by atoms with Gasteiger partial charge in [-0.15, -0.1) is 0 Å². The third kappa shape index (κ3) is 3.39. The number of carbonyl (C=O) groups is 1. The Morgan fingerprint density at radius 1 is 1.30 bits per heavy atom. The van der Waals surface area contributed by atoms with E-state index in [0.29, 0.717) is 0 Å². The number of alkyl carbamates (subject to hydrolysis) is 1. The van der Waals surface area contributed by atoms with E-state index >= 15 is 0 Å². The van der Waals surface area contributed by atoms with Crippen LogP contribution in [0.2, 0.25) is 0 Å². The molecule has 128 valence electrons. The molecule has 0 unspecified atom stereocenters. The summed E-state index contributed by atoms with van der Waals surface area (Å²) in [7, 11) is 0. The Labute approximate surface area is 138 Å². The van der Waals surface area contributed by atoms with Crippen LogP contribution in [0.3, 0.4) is 0 Å². The first-order valence-corrected chi connectivity index (χ1v) is 8.55. The Morgan fingerprint density at radius 3 is 2.65 bits per heavy atom. The van der Waals surface area contributed by atoms with E-state index in [2.05, 4.69) is 23.6 Å². The zero-order valence-electron chi connectivity index (χ0n) is 14.6. The number of furan rings is 1. The topological polar surface area (TPSA) is 63.5 Å². The molecule has 0 radical (unpaired) electrons. The standard InChI is InChI=1S/C18H28N2O3/c1-16(2,3)23-15(21)20-17(4)7-9-18(10-8-17)14-13(5-11-19-18)6-12-22-14/h6,12,19H,5,7-11H2,1-4H3,(H,20,21). The third-order valence-corrected chi connectivity index (χ3v) is 5.05. The first-order chi connectivity index (χ1) is 10.7. The molecular weight excluding hydrogens is 292 g/mol. The van der Waals surface area contributed by atoms with Crippen LogP contribution in [0.5, 0.6) is 0 Å².